The highest BCUT2D eigenvalue weighted by molar-refractivity contribution is 5.74. The summed E-state index contributed by atoms with van der Waals surface area (Å²) in [7, 11) is 0. The molecule has 0 saturated carbocycles. The molecule has 5 atom stereocenters. The highest BCUT2D eigenvalue weighted by atomic mass is 16.6. The third kappa shape index (κ3) is 7.14. The zero-order valence-corrected chi connectivity index (χ0v) is 14.1. The van der Waals surface area contributed by atoms with Crippen molar-refractivity contribution in [1.29, 1.82) is 0 Å². The first-order valence-corrected chi connectivity index (χ1v) is 8.21. The highest BCUT2D eigenvalue weighted by Crippen LogP contribution is 2.21. The lowest BCUT2D eigenvalue weighted by molar-refractivity contribution is -0.166. The molecule has 6 nitrogen and oxygen atoms in total. The van der Waals surface area contributed by atoms with Crippen molar-refractivity contribution in [3.8, 4) is 0 Å². The first-order chi connectivity index (χ1) is 10.8. The molecule has 0 unspecified atom stereocenters. The Bertz CT molecular complexity index is 417. The van der Waals surface area contributed by atoms with E-state index in [0.717, 1.165) is 0 Å². The molecule has 2 N–H and O–H groups in total. The maximum atomic E-state index is 12.3. The maximum absolute atomic E-state index is 12.3. The van der Waals surface area contributed by atoms with Gasteiger partial charge in [0.2, 0.25) is 0 Å². The van der Waals surface area contributed by atoms with Crippen LogP contribution in [0.15, 0.2) is 12.2 Å². The molecule has 1 heterocycles. The average molecular weight is 328 g/mol. The maximum Gasteiger partial charge on any atom is 0.313 e. The zero-order valence-electron chi connectivity index (χ0n) is 14.1. The van der Waals surface area contributed by atoms with E-state index in [0.29, 0.717) is 32.1 Å². The number of hydrogen-bond acceptors (Lipinski definition) is 6. The molecule has 0 aromatic heterocycles. The molecule has 132 valence electrons. The van der Waals surface area contributed by atoms with Crippen LogP contribution in [0, 0.1) is 5.92 Å². The van der Waals surface area contributed by atoms with Gasteiger partial charge in [-0.3, -0.25) is 9.59 Å². The van der Waals surface area contributed by atoms with Crippen LogP contribution >= 0.6 is 0 Å². The number of rotatable bonds is 5. The summed E-state index contributed by atoms with van der Waals surface area (Å²) in [5, 5.41) is 19.5. The van der Waals surface area contributed by atoms with E-state index in [9.17, 15) is 19.8 Å². The van der Waals surface area contributed by atoms with Crippen molar-refractivity contribution in [1.82, 2.24) is 0 Å². The fourth-order valence-corrected chi connectivity index (χ4v) is 2.52. The van der Waals surface area contributed by atoms with Crippen molar-refractivity contribution in [2.24, 2.45) is 5.92 Å². The lowest BCUT2D eigenvalue weighted by atomic mass is 9.98. The van der Waals surface area contributed by atoms with Gasteiger partial charge in [0.15, 0.2) is 0 Å². The van der Waals surface area contributed by atoms with E-state index in [2.05, 4.69) is 0 Å². The van der Waals surface area contributed by atoms with Gasteiger partial charge in [0.1, 0.15) is 12.2 Å². The Morgan fingerprint density at radius 1 is 1.52 bits per heavy atom. The number of aliphatic hydroxyl groups is 2. The molecule has 0 aliphatic carbocycles. The number of hydrogen-bond donors (Lipinski definition) is 2. The molecule has 6 heteroatoms. The van der Waals surface area contributed by atoms with Gasteiger partial charge in [-0.25, -0.2) is 0 Å². The predicted octanol–water partition coefficient (Wildman–Crippen LogP) is 1.73. The van der Waals surface area contributed by atoms with E-state index in [1.54, 1.807) is 19.9 Å². The van der Waals surface area contributed by atoms with Gasteiger partial charge in [-0.15, -0.1) is 0 Å². The van der Waals surface area contributed by atoms with Gasteiger partial charge in [0.05, 0.1) is 18.1 Å². The Morgan fingerprint density at radius 2 is 2.22 bits per heavy atom. The Kier molecular flexibility index (Phi) is 8.26. The summed E-state index contributed by atoms with van der Waals surface area (Å²) in [5.41, 5.74) is 0. The summed E-state index contributed by atoms with van der Waals surface area (Å²) in [6.07, 6.45) is 3.88. The molecular weight excluding hydrogens is 300 g/mol. The minimum absolute atomic E-state index is 0.419. The molecule has 1 rings (SSSR count). The Hall–Kier alpha value is -1.40. The van der Waals surface area contributed by atoms with Crippen LogP contribution in [0.3, 0.4) is 0 Å². The van der Waals surface area contributed by atoms with Gasteiger partial charge in [-0.1, -0.05) is 6.08 Å². The molecule has 1 aliphatic heterocycles. The number of aliphatic hydroxyl groups excluding tert-OH is 2. The van der Waals surface area contributed by atoms with Gasteiger partial charge in [0.25, 0.3) is 0 Å². The van der Waals surface area contributed by atoms with Gasteiger partial charge in [-0.2, -0.15) is 0 Å². The molecule has 0 saturated heterocycles. The predicted molar refractivity (Wildman–Crippen MR) is 84.5 cm³/mol. The van der Waals surface area contributed by atoms with Crippen LogP contribution in [-0.2, 0) is 19.1 Å². The third-order valence-electron chi connectivity index (χ3n) is 3.93. The van der Waals surface area contributed by atoms with E-state index in [-0.39, 0.29) is 0 Å². The summed E-state index contributed by atoms with van der Waals surface area (Å²) < 4.78 is 10.6. The lowest BCUT2D eigenvalue weighted by Crippen LogP contribution is -2.37. The first kappa shape index (κ1) is 19.6. The number of allylic oxidation sites excluding steroid dienone is 1. The minimum Gasteiger partial charge on any atom is -0.459 e. The Morgan fingerprint density at radius 3 is 2.83 bits per heavy atom. The Balaban J connectivity index is 2.76. The van der Waals surface area contributed by atoms with Crippen molar-refractivity contribution in [2.45, 2.75) is 77.3 Å². The number of carbonyl (C=O) groups is 2. The van der Waals surface area contributed by atoms with E-state index in [1.165, 1.54) is 6.92 Å². The average Bonchev–Trinajstić information content (AvgIpc) is 2.46. The van der Waals surface area contributed by atoms with E-state index < -0.39 is 42.3 Å². The van der Waals surface area contributed by atoms with Gasteiger partial charge < -0.3 is 19.7 Å². The van der Waals surface area contributed by atoms with Gasteiger partial charge in [-0.05, 0) is 52.0 Å². The highest BCUT2D eigenvalue weighted by Gasteiger charge is 2.31. The molecule has 0 spiro atoms. The smallest absolute Gasteiger partial charge is 0.313 e. The van der Waals surface area contributed by atoms with Crippen LogP contribution in [0.2, 0.25) is 0 Å². The van der Waals surface area contributed by atoms with Crippen LogP contribution in [0.5, 0.6) is 0 Å². The summed E-state index contributed by atoms with van der Waals surface area (Å²) in [6, 6.07) is 0. The largest absolute Gasteiger partial charge is 0.459 e. The monoisotopic (exact) mass is 328 g/mol. The van der Waals surface area contributed by atoms with Crippen LogP contribution in [0.1, 0.15) is 52.9 Å². The van der Waals surface area contributed by atoms with Crippen LogP contribution in [0.25, 0.3) is 0 Å². The van der Waals surface area contributed by atoms with Crippen LogP contribution < -0.4 is 0 Å². The fraction of sp³-hybridized carbons (Fsp3) is 0.765. The topological polar surface area (TPSA) is 93.1 Å². The number of esters is 2. The second kappa shape index (κ2) is 9.67. The molecular formula is C17H28O6. The second-order valence-corrected chi connectivity index (χ2v) is 6.19. The van der Waals surface area contributed by atoms with E-state index >= 15 is 0 Å². The van der Waals surface area contributed by atoms with Crippen molar-refractivity contribution >= 4 is 11.9 Å². The molecule has 0 aromatic rings. The second-order valence-electron chi connectivity index (χ2n) is 6.19. The molecule has 0 fully saturated rings. The van der Waals surface area contributed by atoms with Crippen molar-refractivity contribution < 1.29 is 29.3 Å². The molecule has 0 radical (unpaired) electrons. The van der Waals surface area contributed by atoms with E-state index in [4.69, 9.17) is 9.47 Å². The van der Waals surface area contributed by atoms with Crippen molar-refractivity contribution in [3.63, 3.8) is 0 Å². The van der Waals surface area contributed by atoms with E-state index in [1.807, 2.05) is 6.08 Å². The minimum atomic E-state index is -0.741. The van der Waals surface area contributed by atoms with Gasteiger partial charge in [0, 0.05) is 6.92 Å². The number of cyclic esters (lactones) is 1. The SMILES string of the molecule is CC(=O)O[C@@H]1/C=C\CC[C@H](O)[C@@H](CCC[C@H](C)O)OC(=O)[C@@H]1C. The summed E-state index contributed by atoms with van der Waals surface area (Å²) >= 11 is 0. The zero-order chi connectivity index (χ0) is 17.4. The van der Waals surface area contributed by atoms with Crippen LogP contribution in [0.4, 0.5) is 0 Å². The first-order valence-electron chi connectivity index (χ1n) is 8.21. The molecule has 1 aliphatic rings. The normalized spacial score (nSPS) is 31.8. The summed E-state index contributed by atoms with van der Waals surface area (Å²) in [5.74, 6) is -1.59. The molecule has 23 heavy (non-hydrogen) atoms. The molecule has 0 amide bonds. The Labute approximate surface area is 137 Å². The standard InChI is InChI=1S/C17H28O6/c1-11(18)7-6-10-16-14(20)8-4-5-9-15(22-13(3)19)12(2)17(21)23-16/h5,9,11-12,14-16,18,20H,4,6-8,10H2,1-3H3/b9-5-/t11-,12+,14-,15+,16+/m0/s1. The lowest BCUT2D eigenvalue weighted by Gasteiger charge is -2.27. The number of ether oxygens (including phenoxy) is 2. The van der Waals surface area contributed by atoms with Crippen molar-refractivity contribution in [2.75, 3.05) is 0 Å². The third-order valence-corrected chi connectivity index (χ3v) is 3.93. The molecule has 0 bridgehead atoms. The fourth-order valence-electron chi connectivity index (χ4n) is 2.52. The number of carbonyl (C=O) groups excluding carboxylic acids is 2. The van der Waals surface area contributed by atoms with Gasteiger partial charge >= 0.3 is 11.9 Å². The van der Waals surface area contributed by atoms with Crippen LogP contribution in [-0.4, -0.2) is 46.6 Å². The quantitative estimate of drug-likeness (QED) is 0.590. The summed E-state index contributed by atoms with van der Waals surface area (Å²) in [4.78, 5) is 23.4. The summed E-state index contributed by atoms with van der Waals surface area (Å²) in [6.45, 7) is 4.64. The van der Waals surface area contributed by atoms with Crippen molar-refractivity contribution in [3.05, 3.63) is 12.2 Å². The molecule has 0 aromatic carbocycles.